The van der Waals surface area contributed by atoms with Gasteiger partial charge >= 0.3 is 0 Å². The predicted octanol–water partition coefficient (Wildman–Crippen LogP) is 2.95. The molecule has 0 unspecified atom stereocenters. The van der Waals surface area contributed by atoms with Crippen molar-refractivity contribution < 1.29 is 9.53 Å². The Morgan fingerprint density at radius 1 is 1.14 bits per heavy atom. The lowest BCUT2D eigenvalue weighted by molar-refractivity contribution is 0.102. The lowest BCUT2D eigenvalue weighted by Gasteiger charge is -2.21. The molecule has 0 spiro atoms. The molecule has 22 heavy (non-hydrogen) atoms. The average molecular weight is 300 g/mol. The first-order valence-electron chi connectivity index (χ1n) is 6.93. The summed E-state index contributed by atoms with van der Waals surface area (Å²) in [5.41, 5.74) is 0.838. The molecule has 6 nitrogen and oxygen atoms in total. The lowest BCUT2D eigenvalue weighted by Crippen LogP contribution is -2.27. The van der Waals surface area contributed by atoms with E-state index >= 15 is 0 Å². The molecule has 2 N–H and O–H groups in total. The first-order chi connectivity index (χ1) is 10.4. The molecule has 0 fully saturated rings. The summed E-state index contributed by atoms with van der Waals surface area (Å²) in [6.07, 6.45) is 1.37. The van der Waals surface area contributed by atoms with Gasteiger partial charge in [-0.3, -0.25) is 4.79 Å². The topological polar surface area (TPSA) is 76.1 Å². The van der Waals surface area contributed by atoms with Gasteiger partial charge in [0.25, 0.3) is 5.91 Å². The molecule has 1 amide bonds. The Balaban J connectivity index is 2.10. The Labute approximate surface area is 129 Å². The number of carbonyl (C=O) groups is 1. The van der Waals surface area contributed by atoms with E-state index in [0.717, 1.165) is 5.75 Å². The molecule has 0 saturated heterocycles. The Kier molecular flexibility index (Phi) is 4.60. The number of nitrogens with one attached hydrogen (secondary N) is 2. The summed E-state index contributed by atoms with van der Waals surface area (Å²) >= 11 is 0. The molecule has 1 aromatic heterocycles. The van der Waals surface area contributed by atoms with Crippen molar-refractivity contribution in [1.82, 2.24) is 9.97 Å². The molecule has 0 aliphatic heterocycles. The third-order valence-corrected chi connectivity index (χ3v) is 2.75. The highest BCUT2D eigenvalue weighted by Crippen LogP contribution is 2.16. The van der Waals surface area contributed by atoms with E-state index in [4.69, 9.17) is 4.74 Å². The number of benzene rings is 1. The fourth-order valence-electron chi connectivity index (χ4n) is 1.80. The Morgan fingerprint density at radius 3 is 2.41 bits per heavy atom. The maximum atomic E-state index is 12.2. The summed E-state index contributed by atoms with van der Waals surface area (Å²) in [7, 11) is 1.60. The van der Waals surface area contributed by atoms with Crippen LogP contribution in [0, 0.1) is 0 Å². The van der Waals surface area contributed by atoms with Gasteiger partial charge in [0, 0.05) is 17.3 Å². The molecule has 1 aromatic carbocycles. The van der Waals surface area contributed by atoms with Crippen LogP contribution in [0.1, 0.15) is 31.3 Å². The number of carbonyl (C=O) groups excluding carboxylic acids is 1. The zero-order chi connectivity index (χ0) is 16.2. The summed E-state index contributed by atoms with van der Waals surface area (Å²) in [5, 5.41) is 5.99. The second kappa shape index (κ2) is 6.43. The molecular weight excluding hydrogens is 280 g/mol. The number of rotatable bonds is 4. The van der Waals surface area contributed by atoms with Crippen molar-refractivity contribution in [3.8, 4) is 5.75 Å². The van der Waals surface area contributed by atoms with Crippen LogP contribution in [0.25, 0.3) is 0 Å². The summed E-state index contributed by atoms with van der Waals surface area (Å²) < 4.78 is 5.08. The van der Waals surface area contributed by atoms with Crippen LogP contribution < -0.4 is 15.4 Å². The van der Waals surface area contributed by atoms with Gasteiger partial charge in [0.1, 0.15) is 23.6 Å². The molecule has 0 aliphatic carbocycles. The predicted molar refractivity (Wildman–Crippen MR) is 86.4 cm³/mol. The number of aromatic nitrogens is 2. The van der Waals surface area contributed by atoms with Gasteiger partial charge in [0.05, 0.1) is 7.11 Å². The average Bonchev–Trinajstić information content (AvgIpc) is 2.46. The van der Waals surface area contributed by atoms with Crippen molar-refractivity contribution in [2.75, 3.05) is 17.7 Å². The minimum absolute atomic E-state index is 0.141. The van der Waals surface area contributed by atoms with Crippen molar-refractivity contribution in [2.24, 2.45) is 0 Å². The van der Waals surface area contributed by atoms with E-state index < -0.39 is 0 Å². The smallest absolute Gasteiger partial charge is 0.274 e. The van der Waals surface area contributed by atoms with Crippen molar-refractivity contribution in [3.05, 3.63) is 42.4 Å². The van der Waals surface area contributed by atoms with Crippen molar-refractivity contribution in [3.63, 3.8) is 0 Å². The highest BCUT2D eigenvalue weighted by molar-refractivity contribution is 6.03. The number of anilines is 2. The zero-order valence-corrected chi connectivity index (χ0v) is 13.2. The number of hydrogen-bond acceptors (Lipinski definition) is 5. The van der Waals surface area contributed by atoms with Crippen LogP contribution in [0.4, 0.5) is 11.5 Å². The Bertz CT molecular complexity index is 648. The quantitative estimate of drug-likeness (QED) is 0.908. The van der Waals surface area contributed by atoms with Gasteiger partial charge in [-0.05, 0) is 45.0 Å². The lowest BCUT2D eigenvalue weighted by atomic mass is 10.1. The zero-order valence-electron chi connectivity index (χ0n) is 13.2. The van der Waals surface area contributed by atoms with Crippen LogP contribution in [0.15, 0.2) is 36.7 Å². The van der Waals surface area contributed by atoms with Gasteiger partial charge in [0.2, 0.25) is 0 Å². The van der Waals surface area contributed by atoms with E-state index in [1.54, 1.807) is 37.4 Å². The molecule has 116 valence electrons. The van der Waals surface area contributed by atoms with Crippen LogP contribution >= 0.6 is 0 Å². The number of hydrogen-bond donors (Lipinski definition) is 2. The summed E-state index contributed by atoms with van der Waals surface area (Å²) in [6, 6.07) is 8.73. The van der Waals surface area contributed by atoms with E-state index in [-0.39, 0.29) is 11.4 Å². The largest absolute Gasteiger partial charge is 0.497 e. The summed E-state index contributed by atoms with van der Waals surface area (Å²) in [6.45, 7) is 6.06. The SMILES string of the molecule is COc1ccc(NC(=O)c2cc(NC(C)(C)C)ncn2)cc1. The molecule has 0 aliphatic rings. The van der Waals surface area contributed by atoms with Gasteiger partial charge in [-0.2, -0.15) is 0 Å². The Hall–Kier alpha value is -2.63. The molecule has 2 rings (SSSR count). The molecule has 0 saturated carbocycles. The minimum Gasteiger partial charge on any atom is -0.497 e. The monoisotopic (exact) mass is 300 g/mol. The summed E-state index contributed by atoms with van der Waals surface area (Å²) in [4.78, 5) is 20.4. The van der Waals surface area contributed by atoms with Crippen molar-refractivity contribution in [1.29, 1.82) is 0 Å². The molecule has 1 heterocycles. The fourth-order valence-corrected chi connectivity index (χ4v) is 1.80. The van der Waals surface area contributed by atoms with E-state index in [0.29, 0.717) is 17.2 Å². The van der Waals surface area contributed by atoms with E-state index in [1.807, 2.05) is 20.8 Å². The van der Waals surface area contributed by atoms with Gasteiger partial charge in [-0.1, -0.05) is 0 Å². The first kappa shape index (κ1) is 15.8. The minimum atomic E-state index is -0.287. The maximum absolute atomic E-state index is 12.2. The standard InChI is InChI=1S/C16H20N4O2/c1-16(2,3)20-14-9-13(17-10-18-14)15(21)19-11-5-7-12(22-4)8-6-11/h5-10H,1-4H3,(H,19,21)(H,17,18,20). The second-order valence-corrected chi connectivity index (χ2v) is 5.85. The number of amides is 1. The highest BCUT2D eigenvalue weighted by atomic mass is 16.5. The first-order valence-corrected chi connectivity index (χ1v) is 6.93. The molecular formula is C16H20N4O2. The van der Waals surface area contributed by atoms with Crippen LogP contribution in [-0.2, 0) is 0 Å². The van der Waals surface area contributed by atoms with E-state index in [9.17, 15) is 4.79 Å². The van der Waals surface area contributed by atoms with Gasteiger partial charge in [-0.15, -0.1) is 0 Å². The molecule has 0 radical (unpaired) electrons. The molecule has 6 heteroatoms. The van der Waals surface area contributed by atoms with Crippen molar-refractivity contribution >= 4 is 17.4 Å². The number of methoxy groups -OCH3 is 1. The second-order valence-electron chi connectivity index (χ2n) is 5.85. The van der Waals surface area contributed by atoms with Crippen LogP contribution in [0.2, 0.25) is 0 Å². The highest BCUT2D eigenvalue weighted by Gasteiger charge is 2.13. The normalized spacial score (nSPS) is 10.9. The maximum Gasteiger partial charge on any atom is 0.274 e. The van der Waals surface area contributed by atoms with Crippen LogP contribution in [-0.4, -0.2) is 28.5 Å². The van der Waals surface area contributed by atoms with Crippen LogP contribution in [0.5, 0.6) is 5.75 Å². The van der Waals surface area contributed by atoms with Crippen LogP contribution in [0.3, 0.4) is 0 Å². The van der Waals surface area contributed by atoms with Crippen molar-refractivity contribution in [2.45, 2.75) is 26.3 Å². The number of ether oxygens (including phenoxy) is 1. The third-order valence-electron chi connectivity index (χ3n) is 2.75. The fraction of sp³-hybridized carbons (Fsp3) is 0.312. The third kappa shape index (κ3) is 4.44. The van der Waals surface area contributed by atoms with Gasteiger partial charge < -0.3 is 15.4 Å². The molecule has 0 atom stereocenters. The van der Waals surface area contributed by atoms with Gasteiger partial charge in [0.15, 0.2) is 0 Å². The summed E-state index contributed by atoms with van der Waals surface area (Å²) in [5.74, 6) is 1.06. The molecule has 2 aromatic rings. The van der Waals surface area contributed by atoms with E-state index in [1.165, 1.54) is 6.33 Å². The molecule has 0 bridgehead atoms. The van der Waals surface area contributed by atoms with E-state index in [2.05, 4.69) is 20.6 Å². The Morgan fingerprint density at radius 2 is 1.82 bits per heavy atom. The number of nitrogens with zero attached hydrogens (tertiary/aromatic N) is 2. The van der Waals surface area contributed by atoms with Gasteiger partial charge in [-0.25, -0.2) is 9.97 Å².